The maximum atomic E-state index is 12.5. The number of alkyl halides is 3. The molecule has 1 atom stereocenters. The Hall–Kier alpha value is -1.02. The number of urea groups is 1. The number of halogens is 3. The molecule has 2 amide bonds. The number of carbonyl (C=O) groups excluding carboxylic acids is 1. The van der Waals surface area contributed by atoms with Crippen LogP contribution in [-0.4, -0.2) is 72.0 Å². The van der Waals surface area contributed by atoms with Crippen molar-refractivity contribution in [1.29, 1.82) is 0 Å². The van der Waals surface area contributed by atoms with Crippen molar-refractivity contribution in [1.82, 2.24) is 15.1 Å². The molecule has 23 heavy (non-hydrogen) atoms. The van der Waals surface area contributed by atoms with Gasteiger partial charge in [-0.25, -0.2) is 4.79 Å². The van der Waals surface area contributed by atoms with Crippen molar-refractivity contribution >= 4 is 6.03 Å². The van der Waals surface area contributed by atoms with E-state index in [-0.39, 0.29) is 32.0 Å². The average Bonchev–Trinajstić information content (AvgIpc) is 3.34. The van der Waals surface area contributed by atoms with Gasteiger partial charge in [-0.15, -0.1) is 0 Å². The first-order valence-electron chi connectivity index (χ1n) is 8.34. The topological polar surface area (TPSA) is 55.8 Å². The summed E-state index contributed by atoms with van der Waals surface area (Å²) in [6.07, 6.45) is -4.08. The molecule has 8 heteroatoms. The van der Waals surface area contributed by atoms with Gasteiger partial charge in [0.05, 0.1) is 0 Å². The zero-order valence-corrected chi connectivity index (χ0v) is 13.5. The Morgan fingerprint density at radius 3 is 2.39 bits per heavy atom. The predicted molar refractivity (Wildman–Crippen MR) is 80.0 cm³/mol. The van der Waals surface area contributed by atoms with Crippen LogP contribution in [0, 0.1) is 5.92 Å². The van der Waals surface area contributed by atoms with E-state index in [0.29, 0.717) is 12.6 Å². The largest absolute Gasteiger partial charge is 0.414 e. The number of aliphatic hydroxyl groups excluding tert-OH is 1. The minimum absolute atomic E-state index is 0.178. The molecule has 0 bridgehead atoms. The number of rotatable bonds is 6. The SMILES string of the molecule is CCN(CCNC(=O)N1CCC(C(O)C(F)(F)F)CC1)C1CC1. The lowest BCUT2D eigenvalue weighted by molar-refractivity contribution is -0.222. The van der Waals surface area contributed by atoms with Gasteiger partial charge in [0.25, 0.3) is 0 Å². The van der Waals surface area contributed by atoms with Gasteiger partial charge in [0.15, 0.2) is 6.10 Å². The fraction of sp³-hybridized carbons (Fsp3) is 0.933. The smallest absolute Gasteiger partial charge is 0.383 e. The number of hydrogen-bond acceptors (Lipinski definition) is 3. The number of amides is 2. The lowest BCUT2D eigenvalue weighted by Crippen LogP contribution is -2.49. The van der Waals surface area contributed by atoms with Gasteiger partial charge < -0.3 is 15.3 Å². The second-order valence-electron chi connectivity index (χ2n) is 6.40. The van der Waals surface area contributed by atoms with E-state index in [1.54, 1.807) is 0 Å². The Morgan fingerprint density at radius 2 is 1.91 bits per heavy atom. The van der Waals surface area contributed by atoms with Crippen LogP contribution in [0.3, 0.4) is 0 Å². The first-order chi connectivity index (χ1) is 10.8. The summed E-state index contributed by atoms with van der Waals surface area (Å²) in [5.41, 5.74) is 0. The van der Waals surface area contributed by atoms with E-state index in [0.717, 1.165) is 13.1 Å². The first kappa shape index (κ1) is 18.3. The summed E-state index contributed by atoms with van der Waals surface area (Å²) in [5.74, 6) is -0.815. The van der Waals surface area contributed by atoms with E-state index in [1.807, 2.05) is 0 Å². The van der Waals surface area contributed by atoms with Crippen molar-refractivity contribution < 1.29 is 23.1 Å². The summed E-state index contributed by atoms with van der Waals surface area (Å²) in [6, 6.07) is 0.424. The quantitative estimate of drug-likeness (QED) is 0.777. The molecule has 2 fully saturated rings. The Bertz CT molecular complexity index is 394. The second-order valence-corrected chi connectivity index (χ2v) is 6.40. The summed E-state index contributed by atoms with van der Waals surface area (Å²) in [6.45, 7) is 4.91. The molecule has 2 N–H and O–H groups in total. The Morgan fingerprint density at radius 1 is 1.30 bits per heavy atom. The van der Waals surface area contributed by atoms with E-state index in [9.17, 15) is 23.1 Å². The van der Waals surface area contributed by atoms with Gasteiger partial charge in [0.2, 0.25) is 0 Å². The zero-order chi connectivity index (χ0) is 17.0. The molecule has 0 aromatic carbocycles. The molecule has 1 unspecified atom stereocenters. The molecule has 0 spiro atoms. The monoisotopic (exact) mass is 337 g/mol. The molecular weight excluding hydrogens is 311 g/mol. The van der Waals surface area contributed by atoms with Gasteiger partial charge in [-0.3, -0.25) is 4.90 Å². The molecule has 1 aliphatic carbocycles. The van der Waals surface area contributed by atoms with E-state index in [2.05, 4.69) is 17.1 Å². The molecule has 1 saturated carbocycles. The zero-order valence-electron chi connectivity index (χ0n) is 13.5. The van der Waals surface area contributed by atoms with Crippen LogP contribution in [0.2, 0.25) is 0 Å². The maximum Gasteiger partial charge on any atom is 0.414 e. The average molecular weight is 337 g/mol. The third-order valence-corrected chi connectivity index (χ3v) is 4.75. The van der Waals surface area contributed by atoms with Crippen LogP contribution in [0.4, 0.5) is 18.0 Å². The third kappa shape index (κ3) is 5.24. The van der Waals surface area contributed by atoms with E-state index in [1.165, 1.54) is 17.7 Å². The summed E-state index contributed by atoms with van der Waals surface area (Å²) < 4.78 is 37.5. The van der Waals surface area contributed by atoms with Gasteiger partial charge in [-0.1, -0.05) is 6.92 Å². The maximum absolute atomic E-state index is 12.5. The molecule has 0 aromatic heterocycles. The van der Waals surface area contributed by atoms with Crippen LogP contribution in [-0.2, 0) is 0 Å². The van der Waals surface area contributed by atoms with Crippen molar-refractivity contribution in [3.05, 3.63) is 0 Å². The molecule has 1 saturated heterocycles. The van der Waals surface area contributed by atoms with Gasteiger partial charge in [0, 0.05) is 32.2 Å². The van der Waals surface area contributed by atoms with Gasteiger partial charge >= 0.3 is 12.2 Å². The summed E-state index contributed by atoms with van der Waals surface area (Å²) in [5, 5.41) is 12.1. The summed E-state index contributed by atoms with van der Waals surface area (Å²) in [7, 11) is 0. The molecular formula is C15H26F3N3O2. The van der Waals surface area contributed by atoms with Crippen LogP contribution < -0.4 is 5.32 Å². The second kappa shape index (κ2) is 7.70. The lowest BCUT2D eigenvalue weighted by Gasteiger charge is -2.34. The number of nitrogens with zero attached hydrogens (tertiary/aromatic N) is 2. The van der Waals surface area contributed by atoms with E-state index in [4.69, 9.17) is 0 Å². The van der Waals surface area contributed by atoms with E-state index < -0.39 is 18.2 Å². The Balaban J connectivity index is 1.67. The lowest BCUT2D eigenvalue weighted by atomic mass is 9.91. The highest BCUT2D eigenvalue weighted by Gasteiger charge is 2.44. The van der Waals surface area contributed by atoms with Gasteiger partial charge in [-0.05, 0) is 38.1 Å². The number of hydrogen-bond donors (Lipinski definition) is 2. The molecule has 2 aliphatic rings. The van der Waals surface area contributed by atoms with Crippen molar-refractivity contribution in [2.45, 2.75) is 50.9 Å². The van der Waals surface area contributed by atoms with Crippen molar-refractivity contribution in [3.63, 3.8) is 0 Å². The molecule has 2 rings (SSSR count). The van der Waals surface area contributed by atoms with E-state index >= 15 is 0 Å². The summed E-state index contributed by atoms with van der Waals surface area (Å²) >= 11 is 0. The number of aliphatic hydroxyl groups is 1. The molecule has 1 heterocycles. The highest BCUT2D eigenvalue weighted by atomic mass is 19.4. The summed E-state index contributed by atoms with van der Waals surface area (Å²) in [4.78, 5) is 15.9. The fourth-order valence-electron chi connectivity index (χ4n) is 3.14. The normalized spacial score (nSPS) is 21.6. The van der Waals surface area contributed by atoms with Crippen molar-refractivity contribution in [2.75, 3.05) is 32.7 Å². The highest BCUT2D eigenvalue weighted by Crippen LogP contribution is 2.31. The van der Waals surface area contributed by atoms with Gasteiger partial charge in [-0.2, -0.15) is 13.2 Å². The molecule has 0 radical (unpaired) electrons. The van der Waals surface area contributed by atoms with Gasteiger partial charge in [0.1, 0.15) is 0 Å². The van der Waals surface area contributed by atoms with Crippen LogP contribution in [0.15, 0.2) is 0 Å². The van der Waals surface area contributed by atoms with Crippen LogP contribution in [0.25, 0.3) is 0 Å². The Kier molecular flexibility index (Phi) is 6.13. The standard InChI is InChI=1S/C15H26F3N3O2/c1-2-20(12-3-4-12)10-7-19-14(23)21-8-5-11(6-9-21)13(22)15(16,17)18/h11-13,22H,2-10H2,1H3,(H,19,23). The van der Waals surface area contributed by atoms with Crippen molar-refractivity contribution in [2.24, 2.45) is 5.92 Å². The number of nitrogens with one attached hydrogen (secondary N) is 1. The number of likely N-dealkylation sites (N-methyl/N-ethyl adjacent to an activating group) is 1. The first-order valence-corrected chi connectivity index (χ1v) is 8.34. The van der Waals surface area contributed by atoms with Crippen molar-refractivity contribution in [3.8, 4) is 0 Å². The predicted octanol–water partition coefficient (Wildman–Crippen LogP) is 1.82. The highest BCUT2D eigenvalue weighted by molar-refractivity contribution is 5.74. The van der Waals surface area contributed by atoms with Crippen LogP contribution in [0.1, 0.15) is 32.6 Å². The molecule has 134 valence electrons. The minimum atomic E-state index is -4.58. The number of likely N-dealkylation sites (tertiary alicyclic amines) is 1. The minimum Gasteiger partial charge on any atom is -0.383 e. The molecule has 1 aliphatic heterocycles. The molecule has 0 aromatic rings. The van der Waals surface area contributed by atoms with Crippen LogP contribution >= 0.6 is 0 Å². The fourth-order valence-corrected chi connectivity index (χ4v) is 3.14. The number of piperidine rings is 1. The third-order valence-electron chi connectivity index (χ3n) is 4.75. The Labute approximate surface area is 134 Å². The molecule has 5 nitrogen and oxygen atoms in total. The van der Waals surface area contributed by atoms with Crippen LogP contribution in [0.5, 0.6) is 0 Å². The number of carbonyl (C=O) groups is 1.